The fourth-order valence-electron chi connectivity index (χ4n) is 6.11. The van der Waals surface area contributed by atoms with Crippen LogP contribution in [0.3, 0.4) is 0 Å². The van der Waals surface area contributed by atoms with Crippen molar-refractivity contribution < 1.29 is 49.0 Å². The summed E-state index contributed by atoms with van der Waals surface area (Å²) in [6, 6.07) is 0. The molecule has 0 radical (unpaired) electrons. The molecule has 10 heteroatoms. The van der Waals surface area contributed by atoms with Crippen LogP contribution in [0.25, 0.3) is 0 Å². The Hall–Kier alpha value is -1.56. The lowest BCUT2D eigenvalue weighted by atomic mass is 9.99. The highest BCUT2D eigenvalue weighted by Gasteiger charge is 2.44. The quantitative estimate of drug-likeness (QED) is 0.0304. The molecule has 0 spiro atoms. The number of aliphatic hydroxyl groups excluding tert-OH is 4. The molecule has 0 amide bonds. The molecule has 10 nitrogen and oxygen atoms in total. The van der Waals surface area contributed by atoms with Gasteiger partial charge in [-0.2, -0.15) is 0 Å². The number of esters is 2. The molecule has 1 aliphatic rings. The van der Waals surface area contributed by atoms with Gasteiger partial charge in [0.05, 0.1) is 13.2 Å². The zero-order chi connectivity index (χ0) is 36.7. The van der Waals surface area contributed by atoms with Crippen LogP contribution in [0.2, 0.25) is 0 Å². The van der Waals surface area contributed by atoms with Gasteiger partial charge in [-0.1, -0.05) is 142 Å². The van der Waals surface area contributed by atoms with Gasteiger partial charge in [0, 0.05) is 12.8 Å². The third-order valence-corrected chi connectivity index (χ3v) is 9.40. The second kappa shape index (κ2) is 32.1. The maximum Gasteiger partial charge on any atom is 0.306 e. The molecule has 6 atom stereocenters. The minimum absolute atomic E-state index is 0.216. The summed E-state index contributed by atoms with van der Waals surface area (Å²) in [6.45, 7) is 3.37. The molecule has 0 aromatic carbocycles. The van der Waals surface area contributed by atoms with Gasteiger partial charge in [0.15, 0.2) is 12.4 Å². The molecule has 0 saturated carbocycles. The highest BCUT2D eigenvalue weighted by atomic mass is 16.7. The van der Waals surface area contributed by atoms with Gasteiger partial charge in [0.25, 0.3) is 0 Å². The minimum Gasteiger partial charge on any atom is -0.462 e. The zero-order valence-corrected chi connectivity index (χ0v) is 31.7. The molecule has 6 unspecified atom stereocenters. The van der Waals surface area contributed by atoms with E-state index in [1.165, 1.54) is 83.5 Å². The molecule has 294 valence electrons. The molecule has 1 fully saturated rings. The monoisotopic (exact) mass is 715 g/mol. The van der Waals surface area contributed by atoms with Crippen molar-refractivity contribution in [1.29, 1.82) is 0 Å². The molecule has 0 aliphatic carbocycles. The average Bonchev–Trinajstić information content (AvgIpc) is 3.11. The molecule has 0 aromatic heterocycles. The first-order chi connectivity index (χ1) is 24.3. The number of aliphatic hydroxyl groups is 4. The van der Waals surface area contributed by atoms with E-state index in [2.05, 4.69) is 26.0 Å². The lowest BCUT2D eigenvalue weighted by Crippen LogP contribution is -2.59. The fourth-order valence-corrected chi connectivity index (χ4v) is 6.11. The van der Waals surface area contributed by atoms with Crippen LogP contribution >= 0.6 is 0 Å². The van der Waals surface area contributed by atoms with Gasteiger partial charge in [0.2, 0.25) is 0 Å². The maximum absolute atomic E-state index is 12.7. The number of ether oxygens (including phenoxy) is 4. The molecule has 1 rings (SSSR count). The van der Waals surface area contributed by atoms with E-state index in [0.29, 0.717) is 6.42 Å². The predicted molar refractivity (Wildman–Crippen MR) is 196 cm³/mol. The highest BCUT2D eigenvalue weighted by molar-refractivity contribution is 5.70. The van der Waals surface area contributed by atoms with Crippen molar-refractivity contribution in [3.05, 3.63) is 12.2 Å². The molecule has 0 aromatic rings. The molecular formula is C40H74O10. The largest absolute Gasteiger partial charge is 0.462 e. The van der Waals surface area contributed by atoms with Gasteiger partial charge in [0.1, 0.15) is 31.0 Å². The second-order valence-electron chi connectivity index (χ2n) is 14.1. The van der Waals surface area contributed by atoms with Crippen molar-refractivity contribution in [3.8, 4) is 0 Å². The Bertz CT molecular complexity index is 835. The lowest BCUT2D eigenvalue weighted by Gasteiger charge is -2.39. The first-order valence-corrected chi connectivity index (χ1v) is 20.3. The molecular weight excluding hydrogens is 640 g/mol. The Balaban J connectivity index is 2.37. The summed E-state index contributed by atoms with van der Waals surface area (Å²) in [5, 5.41) is 39.9. The van der Waals surface area contributed by atoms with E-state index in [1.807, 2.05) is 0 Å². The Kier molecular flexibility index (Phi) is 29.8. The fraction of sp³-hybridized carbons (Fsp3) is 0.900. The molecule has 1 aliphatic heterocycles. The van der Waals surface area contributed by atoms with Gasteiger partial charge >= 0.3 is 11.9 Å². The van der Waals surface area contributed by atoms with Crippen LogP contribution in [0.4, 0.5) is 0 Å². The van der Waals surface area contributed by atoms with Gasteiger partial charge < -0.3 is 39.4 Å². The highest BCUT2D eigenvalue weighted by Crippen LogP contribution is 2.22. The minimum atomic E-state index is -1.59. The van der Waals surface area contributed by atoms with Crippen molar-refractivity contribution in [2.75, 3.05) is 19.8 Å². The van der Waals surface area contributed by atoms with E-state index in [-0.39, 0.29) is 32.0 Å². The molecule has 0 bridgehead atoms. The summed E-state index contributed by atoms with van der Waals surface area (Å²) in [5.74, 6) is -0.813. The number of allylic oxidation sites excluding steroid dienone is 2. The Labute approximate surface area is 303 Å². The van der Waals surface area contributed by atoms with Crippen molar-refractivity contribution in [3.63, 3.8) is 0 Å². The summed E-state index contributed by atoms with van der Waals surface area (Å²) in [6.07, 6.45) is 23.6. The van der Waals surface area contributed by atoms with Crippen molar-refractivity contribution >= 4 is 11.9 Å². The number of rotatable bonds is 33. The van der Waals surface area contributed by atoms with Crippen molar-refractivity contribution in [2.24, 2.45) is 0 Å². The SMILES string of the molecule is CCCC/C=C\CCCCCCCC(=O)OC(COC(=O)CCCCCCCCCCCCCCCC)COC1OC(CO)C(O)C(O)C1O. The van der Waals surface area contributed by atoms with E-state index < -0.39 is 49.4 Å². The van der Waals surface area contributed by atoms with Crippen LogP contribution in [0.1, 0.15) is 174 Å². The Morgan fingerprint density at radius 3 is 1.62 bits per heavy atom. The summed E-state index contributed by atoms with van der Waals surface area (Å²) < 4.78 is 22.1. The van der Waals surface area contributed by atoms with Crippen LogP contribution in [0.15, 0.2) is 12.2 Å². The van der Waals surface area contributed by atoms with E-state index in [9.17, 15) is 30.0 Å². The summed E-state index contributed by atoms with van der Waals surface area (Å²) >= 11 is 0. The van der Waals surface area contributed by atoms with Gasteiger partial charge in [-0.05, 0) is 32.1 Å². The standard InChI is InChI=1S/C40H74O10/c1-3-5-7-9-11-13-15-16-17-19-20-22-24-26-28-35(42)47-31-33(32-48-40-39(46)38(45)37(44)34(30-41)50-40)49-36(43)29-27-25-23-21-18-14-12-10-8-6-4-2/h10,12,33-34,37-41,44-46H,3-9,11,13-32H2,1-2H3/b12-10-. The number of carbonyl (C=O) groups is 2. The maximum atomic E-state index is 12.7. The summed E-state index contributed by atoms with van der Waals surface area (Å²) in [5.41, 5.74) is 0. The summed E-state index contributed by atoms with van der Waals surface area (Å²) in [7, 11) is 0. The Morgan fingerprint density at radius 1 is 0.600 bits per heavy atom. The van der Waals surface area contributed by atoms with Gasteiger partial charge in [-0.15, -0.1) is 0 Å². The van der Waals surface area contributed by atoms with E-state index >= 15 is 0 Å². The number of unbranched alkanes of at least 4 members (excludes halogenated alkanes) is 20. The molecule has 4 N–H and O–H groups in total. The lowest BCUT2D eigenvalue weighted by molar-refractivity contribution is -0.305. The molecule has 1 heterocycles. The number of carbonyl (C=O) groups excluding carboxylic acids is 2. The van der Waals surface area contributed by atoms with E-state index in [4.69, 9.17) is 18.9 Å². The first-order valence-electron chi connectivity index (χ1n) is 20.3. The Morgan fingerprint density at radius 2 is 1.08 bits per heavy atom. The van der Waals surface area contributed by atoms with Crippen LogP contribution in [-0.2, 0) is 28.5 Å². The summed E-state index contributed by atoms with van der Waals surface area (Å²) in [4.78, 5) is 25.2. The number of hydrogen-bond donors (Lipinski definition) is 4. The predicted octanol–water partition coefficient (Wildman–Crippen LogP) is 7.61. The third-order valence-electron chi connectivity index (χ3n) is 9.40. The van der Waals surface area contributed by atoms with Crippen LogP contribution in [0, 0.1) is 0 Å². The van der Waals surface area contributed by atoms with Crippen LogP contribution in [-0.4, -0.2) is 89.0 Å². The van der Waals surface area contributed by atoms with E-state index in [1.54, 1.807) is 0 Å². The zero-order valence-electron chi connectivity index (χ0n) is 31.7. The van der Waals surface area contributed by atoms with Crippen molar-refractivity contribution in [2.45, 2.75) is 211 Å². The van der Waals surface area contributed by atoms with Gasteiger partial charge in [-0.25, -0.2) is 0 Å². The normalized spacial score (nSPS) is 21.4. The van der Waals surface area contributed by atoms with Crippen LogP contribution in [0.5, 0.6) is 0 Å². The molecule has 1 saturated heterocycles. The first kappa shape index (κ1) is 46.5. The third kappa shape index (κ3) is 23.8. The van der Waals surface area contributed by atoms with Crippen LogP contribution < -0.4 is 0 Å². The number of hydrogen-bond acceptors (Lipinski definition) is 10. The van der Waals surface area contributed by atoms with E-state index in [0.717, 1.165) is 57.8 Å². The van der Waals surface area contributed by atoms with Gasteiger partial charge in [-0.3, -0.25) is 9.59 Å². The second-order valence-corrected chi connectivity index (χ2v) is 14.1. The van der Waals surface area contributed by atoms with Crippen molar-refractivity contribution in [1.82, 2.24) is 0 Å². The molecule has 50 heavy (non-hydrogen) atoms. The average molecular weight is 715 g/mol. The topological polar surface area (TPSA) is 152 Å². The smallest absolute Gasteiger partial charge is 0.306 e.